The number of nitrogens with zero attached hydrogens (tertiary/aromatic N) is 1. The Kier molecular flexibility index (Phi) is 6.34. The molecule has 1 heterocycles. The molecule has 0 saturated carbocycles. The Hall–Kier alpha value is -0.846. The highest BCUT2D eigenvalue weighted by Gasteiger charge is 2.56. The second-order valence-corrected chi connectivity index (χ2v) is 17.3. The van der Waals surface area contributed by atoms with E-state index >= 15 is 0 Å². The minimum atomic E-state index is -2.26. The summed E-state index contributed by atoms with van der Waals surface area (Å²) in [5, 5.41) is 8.90. The first-order valence-electron chi connectivity index (χ1n) is 7.80. The summed E-state index contributed by atoms with van der Waals surface area (Å²) in [6.45, 7) is 12.3. The molecule has 0 aromatic heterocycles. The molecule has 0 aromatic carbocycles. The fourth-order valence-electron chi connectivity index (χ4n) is 2.29. The van der Waals surface area contributed by atoms with E-state index in [-0.39, 0.29) is 0 Å². The second kappa shape index (κ2) is 7.18. The second-order valence-electron chi connectivity index (χ2n) is 7.89. The third-order valence-electron chi connectivity index (χ3n) is 3.20. The Labute approximate surface area is 150 Å². The van der Waals surface area contributed by atoms with Crippen molar-refractivity contribution in [3.8, 4) is 0 Å². The predicted octanol–water partition coefficient (Wildman–Crippen LogP) is 1.21. The van der Waals surface area contributed by atoms with E-state index in [1.54, 1.807) is 39.3 Å². The number of hydrogen-bond acceptors (Lipinski definition) is 7. The number of likely N-dealkylation sites (tertiary alicyclic amines) is 1. The zero-order valence-electron chi connectivity index (χ0n) is 15.2. The van der Waals surface area contributed by atoms with Gasteiger partial charge in [0, 0.05) is 0 Å². The van der Waals surface area contributed by atoms with Crippen molar-refractivity contribution in [3.05, 3.63) is 0 Å². The maximum Gasteiger partial charge on any atom is 0.327 e. The summed E-state index contributed by atoms with van der Waals surface area (Å²) in [6.07, 6.45) is -0.919. The van der Waals surface area contributed by atoms with E-state index in [9.17, 15) is 19.5 Å². The van der Waals surface area contributed by atoms with Gasteiger partial charge in [0.15, 0.2) is 0 Å². The highest BCUT2D eigenvalue weighted by atomic mass is 32.1. The van der Waals surface area contributed by atoms with Crippen molar-refractivity contribution in [2.75, 3.05) is 0 Å². The van der Waals surface area contributed by atoms with Crippen molar-refractivity contribution < 1.29 is 28.3 Å². The van der Waals surface area contributed by atoms with Crippen LogP contribution in [0.15, 0.2) is 0 Å². The molecule has 7 nitrogen and oxygen atoms in total. The molecule has 0 spiro atoms. The molecule has 1 N–H and O–H groups in total. The monoisotopic (exact) mass is 393 g/mol. The van der Waals surface area contributed by atoms with Gasteiger partial charge in [-0.25, -0.2) is 0 Å². The van der Waals surface area contributed by atoms with Crippen molar-refractivity contribution >= 4 is 47.1 Å². The predicted molar refractivity (Wildman–Crippen MR) is 97.5 cm³/mol. The quantitative estimate of drug-likeness (QED) is 0.305. The number of hydrogen-bond donors (Lipinski definition) is 2. The zero-order chi connectivity index (χ0) is 19.0. The fraction of sp³-hybridized carbons (Fsp3) is 0.786. The van der Waals surface area contributed by atoms with Gasteiger partial charge < -0.3 is 18.9 Å². The van der Waals surface area contributed by atoms with Gasteiger partial charge in [-0.2, -0.15) is 12.6 Å². The van der Waals surface area contributed by atoms with Crippen LogP contribution in [0.3, 0.4) is 0 Å². The van der Waals surface area contributed by atoms with Crippen LogP contribution in [0.4, 0.5) is 0 Å². The average molecular weight is 394 g/mol. The molecular formula is C14H27NO6SSi2. The SMILES string of the molecule is CC(O)C1C(=O)N(C(C(=O)O[Si](C)(C)C)C(=O)O[Si](C)(C)C)C1S. The number of carbonyl (C=O) groups excluding carboxylic acids is 3. The van der Waals surface area contributed by atoms with Crippen LogP contribution in [-0.4, -0.2) is 62.0 Å². The zero-order valence-corrected chi connectivity index (χ0v) is 18.1. The van der Waals surface area contributed by atoms with E-state index in [0.29, 0.717) is 0 Å². The van der Waals surface area contributed by atoms with Crippen molar-refractivity contribution in [2.45, 2.75) is 63.7 Å². The Morgan fingerprint density at radius 2 is 1.46 bits per heavy atom. The van der Waals surface area contributed by atoms with E-state index in [0.717, 1.165) is 4.90 Å². The first-order chi connectivity index (χ1) is 10.7. The lowest BCUT2D eigenvalue weighted by Gasteiger charge is -2.48. The van der Waals surface area contributed by atoms with E-state index in [4.69, 9.17) is 8.85 Å². The first kappa shape index (κ1) is 21.2. The van der Waals surface area contributed by atoms with Gasteiger partial charge >= 0.3 is 11.9 Å². The molecule has 1 amide bonds. The minimum Gasteiger partial charge on any atom is -0.518 e. The number of aliphatic hydroxyl groups is 1. The van der Waals surface area contributed by atoms with Crippen LogP contribution in [0.25, 0.3) is 0 Å². The van der Waals surface area contributed by atoms with E-state index in [2.05, 4.69) is 12.6 Å². The van der Waals surface area contributed by atoms with E-state index < -0.39 is 57.9 Å². The summed E-state index contributed by atoms with van der Waals surface area (Å²) in [5.74, 6) is -2.85. The fourth-order valence-corrected chi connectivity index (χ4v) is 4.35. The van der Waals surface area contributed by atoms with E-state index in [1.807, 2.05) is 0 Å². The summed E-state index contributed by atoms with van der Waals surface area (Å²) in [4.78, 5) is 38.4. The van der Waals surface area contributed by atoms with Crippen molar-refractivity contribution in [2.24, 2.45) is 5.92 Å². The summed E-state index contributed by atoms with van der Waals surface area (Å²) < 4.78 is 10.8. The van der Waals surface area contributed by atoms with Gasteiger partial charge in [0.2, 0.25) is 28.6 Å². The molecule has 1 aliphatic rings. The van der Waals surface area contributed by atoms with Gasteiger partial charge in [-0.05, 0) is 46.2 Å². The summed E-state index contributed by atoms with van der Waals surface area (Å²) in [5.41, 5.74) is 0. The third-order valence-corrected chi connectivity index (χ3v) is 5.40. The van der Waals surface area contributed by atoms with Crippen LogP contribution in [0, 0.1) is 5.92 Å². The van der Waals surface area contributed by atoms with Crippen molar-refractivity contribution in [1.29, 1.82) is 0 Å². The molecule has 1 rings (SSSR count). The van der Waals surface area contributed by atoms with Crippen LogP contribution < -0.4 is 0 Å². The molecule has 0 radical (unpaired) electrons. The average Bonchev–Trinajstić information content (AvgIpc) is 2.30. The Balaban J connectivity index is 3.09. The van der Waals surface area contributed by atoms with Gasteiger partial charge in [-0.1, -0.05) is 0 Å². The summed E-state index contributed by atoms with van der Waals surface area (Å²) in [7, 11) is -4.53. The Morgan fingerprint density at radius 1 is 1.08 bits per heavy atom. The lowest BCUT2D eigenvalue weighted by atomic mass is 9.91. The molecule has 3 unspecified atom stereocenters. The number of β-lactam (4-membered cyclic amide) rings is 1. The normalized spacial score (nSPS) is 22.9. The molecule has 10 heteroatoms. The molecule has 138 valence electrons. The number of carbonyl (C=O) groups is 3. The lowest BCUT2D eigenvalue weighted by Crippen LogP contribution is -2.69. The van der Waals surface area contributed by atoms with Gasteiger partial charge in [-0.3, -0.25) is 14.4 Å². The molecular weight excluding hydrogens is 366 g/mol. The van der Waals surface area contributed by atoms with Gasteiger partial charge in [0.25, 0.3) is 0 Å². The van der Waals surface area contributed by atoms with Crippen LogP contribution in [-0.2, 0) is 23.2 Å². The number of rotatable bonds is 6. The molecule has 0 aliphatic carbocycles. The molecule has 1 fully saturated rings. The molecule has 24 heavy (non-hydrogen) atoms. The number of aliphatic hydroxyl groups excluding tert-OH is 1. The van der Waals surface area contributed by atoms with Crippen LogP contribution in [0.5, 0.6) is 0 Å². The van der Waals surface area contributed by atoms with Gasteiger partial charge in [0.1, 0.15) is 0 Å². The van der Waals surface area contributed by atoms with Crippen LogP contribution in [0.1, 0.15) is 6.92 Å². The molecule has 0 bridgehead atoms. The largest absolute Gasteiger partial charge is 0.518 e. The van der Waals surface area contributed by atoms with Crippen LogP contribution in [0.2, 0.25) is 39.3 Å². The van der Waals surface area contributed by atoms with E-state index in [1.165, 1.54) is 6.92 Å². The minimum absolute atomic E-state index is 0.505. The lowest BCUT2D eigenvalue weighted by molar-refractivity contribution is -0.175. The highest BCUT2D eigenvalue weighted by Crippen LogP contribution is 2.35. The maximum atomic E-state index is 12.5. The van der Waals surface area contributed by atoms with Gasteiger partial charge in [-0.15, -0.1) is 0 Å². The third kappa shape index (κ3) is 5.07. The smallest absolute Gasteiger partial charge is 0.327 e. The Morgan fingerprint density at radius 3 is 1.71 bits per heavy atom. The van der Waals surface area contributed by atoms with Crippen molar-refractivity contribution in [1.82, 2.24) is 4.90 Å². The molecule has 1 saturated heterocycles. The van der Waals surface area contributed by atoms with Crippen LogP contribution >= 0.6 is 12.6 Å². The number of thiol groups is 1. The number of amides is 1. The molecule has 0 aromatic rings. The molecule has 1 aliphatic heterocycles. The summed E-state index contributed by atoms with van der Waals surface area (Å²) >= 11 is 4.28. The van der Waals surface area contributed by atoms with Crippen molar-refractivity contribution in [3.63, 3.8) is 0 Å². The topological polar surface area (TPSA) is 93.1 Å². The standard InChI is InChI=1S/C14H27NO6SSi2/c1-8(16)9-11(17)15(12(9)22)10(13(18)20-23(2,3)4)14(19)21-24(5,6)7/h8-10,12,16,22H,1-7H3. The van der Waals surface area contributed by atoms with Gasteiger partial charge in [0.05, 0.1) is 17.4 Å². The highest BCUT2D eigenvalue weighted by molar-refractivity contribution is 7.81. The summed E-state index contributed by atoms with van der Waals surface area (Å²) in [6, 6.07) is -1.48. The maximum absolute atomic E-state index is 12.5. The first-order valence-corrected chi connectivity index (χ1v) is 15.1. The Bertz CT molecular complexity index is 500. The molecule has 3 atom stereocenters.